The van der Waals surface area contributed by atoms with E-state index in [9.17, 15) is 4.79 Å². The summed E-state index contributed by atoms with van der Waals surface area (Å²) in [6.07, 6.45) is 0. The van der Waals surface area contributed by atoms with Gasteiger partial charge in [-0.3, -0.25) is 9.69 Å². The van der Waals surface area contributed by atoms with Crippen LogP contribution in [0.2, 0.25) is 0 Å². The van der Waals surface area contributed by atoms with E-state index in [0.29, 0.717) is 12.3 Å². The maximum atomic E-state index is 12.2. The predicted molar refractivity (Wildman–Crippen MR) is 77.4 cm³/mol. The topological polar surface area (TPSA) is 57.2 Å². The molecule has 1 heterocycles. The molecule has 4 heteroatoms. The van der Waals surface area contributed by atoms with E-state index in [1.54, 1.807) is 6.07 Å². The molecule has 0 saturated heterocycles. The van der Waals surface area contributed by atoms with Crippen molar-refractivity contribution in [1.29, 1.82) is 5.26 Å². The SMILES string of the molecule is CCN(CC(=O)c1cc2ccccc2o1)CC(C)C#N. The molecule has 1 atom stereocenters. The third-order valence-electron chi connectivity index (χ3n) is 3.27. The summed E-state index contributed by atoms with van der Waals surface area (Å²) in [7, 11) is 0. The van der Waals surface area contributed by atoms with E-state index in [4.69, 9.17) is 9.68 Å². The van der Waals surface area contributed by atoms with E-state index in [1.165, 1.54) is 0 Å². The number of likely N-dealkylation sites (N-methyl/N-ethyl adjacent to an activating group) is 1. The lowest BCUT2D eigenvalue weighted by atomic mass is 10.2. The predicted octanol–water partition coefficient (Wildman–Crippen LogP) is 3.10. The summed E-state index contributed by atoms with van der Waals surface area (Å²) in [5, 5.41) is 9.78. The number of ketones is 1. The van der Waals surface area contributed by atoms with Gasteiger partial charge in [0.05, 0.1) is 18.5 Å². The molecule has 104 valence electrons. The fourth-order valence-corrected chi connectivity index (χ4v) is 2.13. The first-order valence-corrected chi connectivity index (χ1v) is 6.77. The van der Waals surface area contributed by atoms with Gasteiger partial charge in [-0.05, 0) is 25.6 Å². The molecule has 1 aromatic carbocycles. The first-order valence-electron chi connectivity index (χ1n) is 6.77. The fourth-order valence-electron chi connectivity index (χ4n) is 2.13. The molecular formula is C16H18N2O2. The van der Waals surface area contributed by atoms with Crippen LogP contribution in [0.5, 0.6) is 0 Å². The number of nitriles is 1. The molecule has 0 aliphatic carbocycles. The number of carbonyl (C=O) groups is 1. The molecule has 4 nitrogen and oxygen atoms in total. The highest BCUT2D eigenvalue weighted by Gasteiger charge is 2.17. The van der Waals surface area contributed by atoms with Crippen LogP contribution in [0.4, 0.5) is 0 Å². The zero-order chi connectivity index (χ0) is 14.5. The molecule has 0 spiro atoms. The molecular weight excluding hydrogens is 252 g/mol. The molecule has 0 N–H and O–H groups in total. The molecule has 0 aliphatic heterocycles. The van der Waals surface area contributed by atoms with E-state index in [-0.39, 0.29) is 18.2 Å². The van der Waals surface area contributed by atoms with Gasteiger partial charge in [0.25, 0.3) is 0 Å². The lowest BCUT2D eigenvalue weighted by Crippen LogP contribution is -2.33. The quantitative estimate of drug-likeness (QED) is 0.757. The molecule has 0 radical (unpaired) electrons. The standard InChI is InChI=1S/C16H18N2O2/c1-3-18(10-12(2)9-17)11-14(19)16-8-13-6-4-5-7-15(13)20-16/h4-8,12H,3,10-11H2,1-2H3. The van der Waals surface area contributed by atoms with Crippen molar-refractivity contribution in [2.45, 2.75) is 13.8 Å². The number of furan rings is 1. The number of carbonyl (C=O) groups excluding carboxylic acids is 1. The van der Waals surface area contributed by atoms with Crippen LogP contribution in [-0.4, -0.2) is 30.3 Å². The van der Waals surface area contributed by atoms with Crippen LogP contribution in [0.3, 0.4) is 0 Å². The van der Waals surface area contributed by atoms with Gasteiger partial charge in [0.15, 0.2) is 5.76 Å². The van der Waals surface area contributed by atoms with E-state index in [0.717, 1.165) is 17.5 Å². The molecule has 0 bridgehead atoms. The van der Waals surface area contributed by atoms with Crippen LogP contribution in [0, 0.1) is 17.2 Å². The highest BCUT2D eigenvalue weighted by atomic mass is 16.3. The van der Waals surface area contributed by atoms with Crippen molar-refractivity contribution in [2.24, 2.45) is 5.92 Å². The summed E-state index contributed by atoms with van der Waals surface area (Å²) < 4.78 is 5.57. The Hall–Kier alpha value is -2.12. The van der Waals surface area contributed by atoms with Crippen LogP contribution in [0.1, 0.15) is 24.4 Å². The number of hydrogen-bond acceptors (Lipinski definition) is 4. The molecule has 0 saturated carbocycles. The van der Waals surface area contributed by atoms with Gasteiger partial charge in [-0.15, -0.1) is 0 Å². The maximum absolute atomic E-state index is 12.2. The third kappa shape index (κ3) is 3.25. The van der Waals surface area contributed by atoms with Gasteiger partial charge < -0.3 is 4.42 Å². The summed E-state index contributed by atoms with van der Waals surface area (Å²) >= 11 is 0. The summed E-state index contributed by atoms with van der Waals surface area (Å²) in [5.41, 5.74) is 0.726. The van der Waals surface area contributed by atoms with Crippen molar-refractivity contribution < 1.29 is 9.21 Å². The summed E-state index contributed by atoms with van der Waals surface area (Å²) in [6.45, 7) is 5.45. The number of benzene rings is 1. The number of para-hydroxylation sites is 1. The van der Waals surface area contributed by atoms with E-state index in [2.05, 4.69) is 6.07 Å². The molecule has 0 amide bonds. The number of fused-ring (bicyclic) bond motifs is 1. The van der Waals surface area contributed by atoms with Gasteiger partial charge >= 0.3 is 0 Å². The van der Waals surface area contributed by atoms with Crippen molar-refractivity contribution in [3.8, 4) is 6.07 Å². The van der Waals surface area contributed by atoms with Crippen LogP contribution < -0.4 is 0 Å². The molecule has 20 heavy (non-hydrogen) atoms. The highest BCUT2D eigenvalue weighted by Crippen LogP contribution is 2.19. The van der Waals surface area contributed by atoms with Crippen LogP contribution in [-0.2, 0) is 0 Å². The van der Waals surface area contributed by atoms with Gasteiger partial charge in [-0.2, -0.15) is 5.26 Å². The van der Waals surface area contributed by atoms with Gasteiger partial charge in [-0.1, -0.05) is 25.1 Å². The minimum atomic E-state index is -0.0848. The lowest BCUT2D eigenvalue weighted by Gasteiger charge is -2.19. The zero-order valence-corrected chi connectivity index (χ0v) is 11.8. The van der Waals surface area contributed by atoms with Crippen LogP contribution in [0.25, 0.3) is 11.0 Å². The number of nitrogens with zero attached hydrogens (tertiary/aromatic N) is 2. The van der Waals surface area contributed by atoms with Crippen molar-refractivity contribution >= 4 is 16.8 Å². The number of Topliss-reactive ketones (excluding diaryl/α,β-unsaturated/α-hetero) is 1. The van der Waals surface area contributed by atoms with E-state index >= 15 is 0 Å². The molecule has 0 aliphatic rings. The number of hydrogen-bond donors (Lipinski definition) is 0. The first-order chi connectivity index (χ1) is 9.63. The smallest absolute Gasteiger partial charge is 0.211 e. The highest BCUT2D eigenvalue weighted by molar-refractivity contribution is 5.98. The zero-order valence-electron chi connectivity index (χ0n) is 11.8. The molecule has 0 fully saturated rings. The molecule has 2 rings (SSSR count). The third-order valence-corrected chi connectivity index (χ3v) is 3.27. The van der Waals surface area contributed by atoms with E-state index < -0.39 is 0 Å². The van der Waals surface area contributed by atoms with Gasteiger partial charge in [0.2, 0.25) is 5.78 Å². The summed E-state index contributed by atoms with van der Waals surface area (Å²) in [6, 6.07) is 11.5. The second kappa shape index (κ2) is 6.36. The Morgan fingerprint density at radius 1 is 1.45 bits per heavy atom. The average Bonchev–Trinajstić information content (AvgIpc) is 2.90. The number of rotatable bonds is 6. The Kier molecular flexibility index (Phi) is 4.54. The van der Waals surface area contributed by atoms with Gasteiger partial charge in [0, 0.05) is 11.9 Å². The molecule has 2 aromatic rings. The van der Waals surface area contributed by atoms with Crippen molar-refractivity contribution in [1.82, 2.24) is 4.90 Å². The fraction of sp³-hybridized carbons (Fsp3) is 0.375. The Morgan fingerprint density at radius 2 is 2.20 bits per heavy atom. The second-order valence-electron chi connectivity index (χ2n) is 4.93. The molecule has 1 aromatic heterocycles. The van der Waals surface area contributed by atoms with Crippen molar-refractivity contribution in [3.05, 3.63) is 36.1 Å². The van der Waals surface area contributed by atoms with Crippen LogP contribution >= 0.6 is 0 Å². The Bertz CT molecular complexity index is 606. The van der Waals surface area contributed by atoms with E-state index in [1.807, 2.05) is 43.0 Å². The minimum Gasteiger partial charge on any atom is -0.453 e. The summed E-state index contributed by atoms with van der Waals surface area (Å²) in [5.74, 6) is 0.251. The lowest BCUT2D eigenvalue weighted by molar-refractivity contribution is 0.0904. The Morgan fingerprint density at radius 3 is 2.85 bits per heavy atom. The van der Waals surface area contributed by atoms with Crippen molar-refractivity contribution in [3.63, 3.8) is 0 Å². The van der Waals surface area contributed by atoms with Crippen LogP contribution in [0.15, 0.2) is 34.7 Å². The Labute approximate surface area is 118 Å². The monoisotopic (exact) mass is 270 g/mol. The van der Waals surface area contributed by atoms with Gasteiger partial charge in [-0.25, -0.2) is 0 Å². The Balaban J connectivity index is 2.08. The average molecular weight is 270 g/mol. The van der Waals surface area contributed by atoms with Gasteiger partial charge in [0.1, 0.15) is 5.58 Å². The maximum Gasteiger partial charge on any atom is 0.211 e. The largest absolute Gasteiger partial charge is 0.453 e. The molecule has 1 unspecified atom stereocenters. The minimum absolute atomic E-state index is 0.0480. The first kappa shape index (κ1) is 14.3. The summed E-state index contributed by atoms with van der Waals surface area (Å²) in [4.78, 5) is 14.2. The van der Waals surface area contributed by atoms with Crippen molar-refractivity contribution in [2.75, 3.05) is 19.6 Å². The second-order valence-corrected chi connectivity index (χ2v) is 4.93. The normalized spacial score (nSPS) is 12.5.